The van der Waals surface area contributed by atoms with Crippen molar-refractivity contribution >= 4 is 0 Å². The van der Waals surface area contributed by atoms with Gasteiger partial charge in [-0.3, -0.25) is 0 Å². The molecule has 0 aliphatic heterocycles. The molecule has 0 radical (unpaired) electrons. The van der Waals surface area contributed by atoms with E-state index in [0.717, 1.165) is 17.0 Å². The van der Waals surface area contributed by atoms with Gasteiger partial charge in [-0.1, -0.05) is 0 Å². The monoisotopic (exact) mass is 216 g/mol. The largest absolute Gasteiger partial charge is 0.480 e. The number of aromatic nitrogens is 4. The Morgan fingerprint density at radius 3 is 2.38 bits per heavy atom. The Balaban J connectivity index is 2.49. The third-order valence-corrected chi connectivity index (χ3v) is 2.08. The first-order chi connectivity index (χ1) is 7.69. The van der Waals surface area contributed by atoms with E-state index in [4.69, 9.17) is 4.74 Å². The molecule has 2 aromatic heterocycles. The van der Waals surface area contributed by atoms with Crippen LogP contribution in [0.2, 0.25) is 0 Å². The average Bonchev–Trinajstić information content (AvgIpc) is 2.28. The lowest BCUT2D eigenvalue weighted by molar-refractivity contribution is 0.392. The first-order valence-corrected chi connectivity index (χ1v) is 4.88. The third kappa shape index (κ3) is 2.13. The number of ether oxygens (including phenoxy) is 1. The predicted molar refractivity (Wildman–Crippen MR) is 59.1 cm³/mol. The van der Waals surface area contributed by atoms with E-state index in [-0.39, 0.29) is 0 Å². The molecule has 82 valence electrons. The summed E-state index contributed by atoms with van der Waals surface area (Å²) in [5.41, 5.74) is 2.66. The minimum Gasteiger partial charge on any atom is -0.480 e. The van der Waals surface area contributed by atoms with Crippen LogP contribution in [0.25, 0.3) is 11.4 Å². The Morgan fingerprint density at radius 2 is 1.75 bits per heavy atom. The maximum atomic E-state index is 5.01. The Kier molecular flexibility index (Phi) is 2.76. The van der Waals surface area contributed by atoms with Crippen molar-refractivity contribution in [1.82, 2.24) is 20.2 Å². The van der Waals surface area contributed by atoms with E-state index in [1.165, 1.54) is 0 Å². The minimum atomic E-state index is 0.459. The summed E-state index contributed by atoms with van der Waals surface area (Å²) in [5, 5.41) is 7.64. The van der Waals surface area contributed by atoms with E-state index in [9.17, 15) is 0 Å². The molecule has 0 aliphatic carbocycles. The van der Waals surface area contributed by atoms with Gasteiger partial charge >= 0.3 is 0 Å². The van der Waals surface area contributed by atoms with Crippen molar-refractivity contribution in [3.05, 3.63) is 29.7 Å². The van der Waals surface area contributed by atoms with Gasteiger partial charge in [0.15, 0.2) is 5.82 Å². The lowest BCUT2D eigenvalue weighted by Crippen LogP contribution is -1.97. The van der Waals surface area contributed by atoms with E-state index >= 15 is 0 Å². The molecule has 0 aliphatic rings. The Hall–Kier alpha value is -2.04. The van der Waals surface area contributed by atoms with Crippen LogP contribution in [0.15, 0.2) is 18.3 Å². The van der Waals surface area contributed by atoms with Crippen LogP contribution in [-0.2, 0) is 0 Å². The fourth-order valence-corrected chi connectivity index (χ4v) is 1.42. The van der Waals surface area contributed by atoms with Crippen molar-refractivity contribution in [2.75, 3.05) is 7.11 Å². The molecular weight excluding hydrogens is 204 g/mol. The van der Waals surface area contributed by atoms with Crippen molar-refractivity contribution in [2.24, 2.45) is 0 Å². The zero-order chi connectivity index (χ0) is 11.5. The lowest BCUT2D eigenvalue weighted by atomic mass is 10.2. The van der Waals surface area contributed by atoms with Gasteiger partial charge < -0.3 is 4.74 Å². The summed E-state index contributed by atoms with van der Waals surface area (Å²) in [7, 11) is 1.55. The number of nitrogens with zero attached hydrogens (tertiary/aromatic N) is 4. The van der Waals surface area contributed by atoms with Gasteiger partial charge in [-0.05, 0) is 19.9 Å². The second-order valence-corrected chi connectivity index (χ2v) is 3.46. The second-order valence-electron chi connectivity index (χ2n) is 3.46. The summed E-state index contributed by atoms with van der Waals surface area (Å²) in [6.45, 7) is 3.87. The van der Waals surface area contributed by atoms with Gasteiger partial charge in [0.2, 0.25) is 5.88 Å². The molecule has 2 rings (SSSR count). The Labute approximate surface area is 93.5 Å². The maximum Gasteiger partial charge on any atom is 0.233 e. The zero-order valence-corrected chi connectivity index (χ0v) is 9.43. The molecule has 0 bridgehead atoms. The zero-order valence-electron chi connectivity index (χ0n) is 9.43. The minimum absolute atomic E-state index is 0.459. The standard InChI is InChI=1S/C11H12N4O/c1-7-4-8(2)14-11(13-7)9-5-10(16-3)15-12-6-9/h4-6H,1-3H3. The molecule has 0 amide bonds. The number of methoxy groups -OCH3 is 1. The van der Waals surface area contributed by atoms with Crippen LogP contribution < -0.4 is 4.74 Å². The molecule has 2 heterocycles. The van der Waals surface area contributed by atoms with Crippen LogP contribution in [0.1, 0.15) is 11.4 Å². The van der Waals surface area contributed by atoms with Gasteiger partial charge in [-0.15, -0.1) is 5.10 Å². The van der Waals surface area contributed by atoms with Crippen molar-refractivity contribution in [3.8, 4) is 17.3 Å². The summed E-state index contributed by atoms with van der Waals surface area (Å²) in [6, 6.07) is 3.69. The molecule has 0 saturated carbocycles. The lowest BCUT2D eigenvalue weighted by Gasteiger charge is -2.03. The number of hydrogen-bond acceptors (Lipinski definition) is 5. The fourth-order valence-electron chi connectivity index (χ4n) is 1.42. The van der Waals surface area contributed by atoms with Gasteiger partial charge in [0.1, 0.15) is 0 Å². The average molecular weight is 216 g/mol. The summed E-state index contributed by atoms with van der Waals surface area (Å²) < 4.78 is 5.01. The molecule has 0 N–H and O–H groups in total. The highest BCUT2D eigenvalue weighted by Crippen LogP contribution is 2.17. The van der Waals surface area contributed by atoms with E-state index in [2.05, 4.69) is 20.2 Å². The number of rotatable bonds is 2. The van der Waals surface area contributed by atoms with Crippen LogP contribution in [-0.4, -0.2) is 27.3 Å². The van der Waals surface area contributed by atoms with Crippen LogP contribution in [0.5, 0.6) is 5.88 Å². The molecule has 5 heteroatoms. The highest BCUT2D eigenvalue weighted by molar-refractivity contribution is 5.54. The molecule has 0 atom stereocenters. The first-order valence-electron chi connectivity index (χ1n) is 4.88. The Morgan fingerprint density at radius 1 is 1.06 bits per heavy atom. The molecule has 0 aromatic carbocycles. The molecule has 16 heavy (non-hydrogen) atoms. The third-order valence-electron chi connectivity index (χ3n) is 2.08. The maximum absolute atomic E-state index is 5.01. The quantitative estimate of drug-likeness (QED) is 0.762. The molecule has 0 spiro atoms. The smallest absolute Gasteiger partial charge is 0.233 e. The van der Waals surface area contributed by atoms with E-state index in [1.54, 1.807) is 19.4 Å². The van der Waals surface area contributed by atoms with E-state index in [1.807, 2.05) is 19.9 Å². The summed E-state index contributed by atoms with van der Waals surface area (Å²) in [4.78, 5) is 8.69. The van der Waals surface area contributed by atoms with Gasteiger partial charge in [0.05, 0.1) is 13.3 Å². The summed E-state index contributed by atoms with van der Waals surface area (Å²) >= 11 is 0. The SMILES string of the molecule is COc1cc(-c2nc(C)cc(C)n2)cnn1. The van der Waals surface area contributed by atoms with Crippen LogP contribution in [0.3, 0.4) is 0 Å². The molecule has 0 unspecified atom stereocenters. The van der Waals surface area contributed by atoms with Crippen molar-refractivity contribution < 1.29 is 4.74 Å². The predicted octanol–water partition coefficient (Wildman–Crippen LogP) is 1.56. The van der Waals surface area contributed by atoms with Crippen LogP contribution >= 0.6 is 0 Å². The second kappa shape index (κ2) is 4.22. The number of hydrogen-bond donors (Lipinski definition) is 0. The van der Waals surface area contributed by atoms with Gasteiger partial charge in [0, 0.05) is 23.0 Å². The van der Waals surface area contributed by atoms with Crippen molar-refractivity contribution in [3.63, 3.8) is 0 Å². The van der Waals surface area contributed by atoms with Gasteiger partial charge in [0.25, 0.3) is 0 Å². The molecule has 0 fully saturated rings. The number of aryl methyl sites for hydroxylation is 2. The summed E-state index contributed by atoms with van der Waals surface area (Å²) in [5.74, 6) is 1.10. The summed E-state index contributed by atoms with van der Waals surface area (Å²) in [6.07, 6.45) is 1.62. The van der Waals surface area contributed by atoms with Crippen LogP contribution in [0, 0.1) is 13.8 Å². The van der Waals surface area contributed by atoms with Crippen molar-refractivity contribution in [1.29, 1.82) is 0 Å². The molecule has 2 aromatic rings. The fraction of sp³-hybridized carbons (Fsp3) is 0.273. The normalized spacial score (nSPS) is 10.2. The highest BCUT2D eigenvalue weighted by atomic mass is 16.5. The van der Waals surface area contributed by atoms with Crippen molar-refractivity contribution in [2.45, 2.75) is 13.8 Å². The van der Waals surface area contributed by atoms with Gasteiger partial charge in [-0.25, -0.2) is 9.97 Å². The topological polar surface area (TPSA) is 60.8 Å². The van der Waals surface area contributed by atoms with E-state index in [0.29, 0.717) is 11.7 Å². The highest BCUT2D eigenvalue weighted by Gasteiger charge is 2.05. The van der Waals surface area contributed by atoms with Gasteiger partial charge in [-0.2, -0.15) is 5.10 Å². The molecule has 0 saturated heterocycles. The molecule has 5 nitrogen and oxygen atoms in total. The Bertz CT molecular complexity index is 493. The molecular formula is C11H12N4O. The van der Waals surface area contributed by atoms with E-state index < -0.39 is 0 Å². The first kappa shape index (κ1) is 10.5. The van der Waals surface area contributed by atoms with Crippen LogP contribution in [0.4, 0.5) is 0 Å².